The third-order valence-electron chi connectivity index (χ3n) is 5.44. The Balaban J connectivity index is 1.23. The average Bonchev–Trinajstić information content (AvgIpc) is 3.27. The predicted molar refractivity (Wildman–Crippen MR) is 135 cm³/mol. The second kappa shape index (κ2) is 10.6. The second-order valence-corrected chi connectivity index (χ2v) is 8.00. The fourth-order valence-electron chi connectivity index (χ4n) is 3.57. The molecule has 4 rings (SSSR count). The summed E-state index contributed by atoms with van der Waals surface area (Å²) in [5.41, 5.74) is 14.0. The van der Waals surface area contributed by atoms with Gasteiger partial charge in [0, 0.05) is 22.1 Å². The fourth-order valence-corrected chi connectivity index (χ4v) is 3.57. The molecule has 0 saturated heterocycles. The van der Waals surface area contributed by atoms with Crippen molar-refractivity contribution in [2.75, 3.05) is 13.2 Å². The second-order valence-electron chi connectivity index (χ2n) is 8.00. The molecule has 0 saturated carbocycles. The van der Waals surface area contributed by atoms with E-state index in [2.05, 4.69) is 0 Å². The summed E-state index contributed by atoms with van der Waals surface area (Å²) in [6.45, 7) is 1.26. The van der Waals surface area contributed by atoms with Crippen molar-refractivity contribution in [1.29, 1.82) is 10.8 Å². The van der Waals surface area contributed by atoms with Gasteiger partial charge in [0.2, 0.25) is 0 Å². The number of benzene rings is 3. The number of rotatable bonds is 11. The number of fused-ring (bicyclic) bond motifs is 1. The highest BCUT2D eigenvalue weighted by molar-refractivity contribution is 5.98. The first-order valence-corrected chi connectivity index (χ1v) is 11.2. The van der Waals surface area contributed by atoms with Crippen LogP contribution in [0.3, 0.4) is 0 Å². The normalized spacial score (nSPS) is 10.8. The van der Waals surface area contributed by atoms with Crippen LogP contribution in [0.15, 0.2) is 77.2 Å². The molecule has 1 heterocycles. The smallest absolute Gasteiger partial charge is 0.135 e. The first-order valence-electron chi connectivity index (χ1n) is 11.2. The van der Waals surface area contributed by atoms with Gasteiger partial charge in [-0.3, -0.25) is 10.8 Å². The summed E-state index contributed by atoms with van der Waals surface area (Å²) in [6.07, 6.45) is 2.85. The molecule has 0 bridgehead atoms. The summed E-state index contributed by atoms with van der Waals surface area (Å²) < 4.78 is 17.7. The lowest BCUT2D eigenvalue weighted by atomic mass is 10.1. The van der Waals surface area contributed by atoms with Gasteiger partial charge < -0.3 is 25.4 Å². The van der Waals surface area contributed by atoms with Gasteiger partial charge in [-0.05, 0) is 67.8 Å². The van der Waals surface area contributed by atoms with Crippen molar-refractivity contribution in [3.63, 3.8) is 0 Å². The Hall–Kier alpha value is -4.26. The highest BCUT2D eigenvalue weighted by Crippen LogP contribution is 2.30. The first kappa shape index (κ1) is 22.9. The number of nitrogen functional groups attached to an aromatic ring is 2. The quantitative estimate of drug-likeness (QED) is 0.138. The number of hydrogen-bond acceptors (Lipinski definition) is 5. The topological polar surface area (TPSA) is 131 Å². The molecular formula is C27H28N4O3. The van der Waals surface area contributed by atoms with Gasteiger partial charge in [-0.15, -0.1) is 0 Å². The Kier molecular flexibility index (Phi) is 7.13. The van der Waals surface area contributed by atoms with Gasteiger partial charge >= 0.3 is 0 Å². The molecule has 0 fully saturated rings. The number of ether oxygens (including phenoxy) is 2. The fraction of sp³-hybridized carbons (Fsp3) is 0.185. The van der Waals surface area contributed by atoms with Gasteiger partial charge in [-0.2, -0.15) is 0 Å². The number of amidine groups is 2. The largest absolute Gasteiger partial charge is 0.494 e. The maximum atomic E-state index is 7.59. The van der Waals surface area contributed by atoms with E-state index < -0.39 is 0 Å². The predicted octanol–water partition coefficient (Wildman–Crippen LogP) is 5.30. The SMILES string of the molecule is N=C(N)c1ccc(OCCCCCOc2cccc(-c3cc4ccc(C(=N)N)cc4o3)c2)cc1. The van der Waals surface area contributed by atoms with Crippen molar-refractivity contribution in [3.8, 4) is 22.8 Å². The van der Waals surface area contributed by atoms with E-state index in [1.807, 2.05) is 54.6 Å². The van der Waals surface area contributed by atoms with Gasteiger partial charge in [-0.1, -0.05) is 24.3 Å². The Labute approximate surface area is 198 Å². The average molecular weight is 457 g/mol. The Morgan fingerprint density at radius 3 is 2.09 bits per heavy atom. The van der Waals surface area contributed by atoms with Crippen molar-refractivity contribution < 1.29 is 13.9 Å². The number of furan rings is 1. The summed E-state index contributed by atoms with van der Waals surface area (Å²) in [6, 6.07) is 22.6. The molecule has 0 radical (unpaired) electrons. The van der Waals surface area contributed by atoms with Crippen molar-refractivity contribution in [2.45, 2.75) is 19.3 Å². The highest BCUT2D eigenvalue weighted by Gasteiger charge is 2.09. The number of nitrogens with two attached hydrogens (primary N) is 2. The summed E-state index contributed by atoms with van der Waals surface area (Å²) in [7, 11) is 0. The zero-order valence-electron chi connectivity index (χ0n) is 18.8. The van der Waals surface area contributed by atoms with Crippen LogP contribution in [0, 0.1) is 10.8 Å². The van der Waals surface area contributed by atoms with Crippen LogP contribution in [0.25, 0.3) is 22.3 Å². The van der Waals surface area contributed by atoms with E-state index in [1.54, 1.807) is 18.2 Å². The lowest BCUT2D eigenvalue weighted by Crippen LogP contribution is -2.10. The standard InChI is InChI=1S/C27H28N4O3/c28-26(29)18-9-11-22(12-10-18)32-13-2-1-3-14-33-23-6-4-5-19(15-23)24-16-20-7-8-21(27(30)31)17-25(20)34-24/h4-12,15-17H,1-3,13-14H2,(H3,28,29)(H3,30,31). The van der Waals surface area contributed by atoms with Crippen molar-refractivity contribution in [3.05, 3.63) is 83.9 Å². The third-order valence-corrected chi connectivity index (χ3v) is 5.44. The Morgan fingerprint density at radius 2 is 1.38 bits per heavy atom. The molecule has 0 unspecified atom stereocenters. The molecule has 0 aliphatic heterocycles. The number of nitrogens with one attached hydrogen (secondary N) is 2. The van der Waals surface area contributed by atoms with Crippen LogP contribution in [0.5, 0.6) is 11.5 Å². The first-order chi connectivity index (χ1) is 16.5. The molecule has 6 N–H and O–H groups in total. The molecule has 7 heteroatoms. The van der Waals surface area contributed by atoms with Crippen molar-refractivity contribution >= 4 is 22.6 Å². The number of hydrogen-bond donors (Lipinski definition) is 4. The van der Waals surface area contributed by atoms with Gasteiger partial charge in [0.05, 0.1) is 13.2 Å². The number of unbranched alkanes of at least 4 members (excludes halogenated alkanes) is 2. The molecule has 4 aromatic rings. The summed E-state index contributed by atoms with van der Waals surface area (Å²) in [5.74, 6) is 2.39. The zero-order chi connectivity index (χ0) is 23.9. The van der Waals surface area contributed by atoms with E-state index >= 15 is 0 Å². The van der Waals surface area contributed by atoms with E-state index in [-0.39, 0.29) is 11.7 Å². The molecule has 3 aromatic carbocycles. The van der Waals surface area contributed by atoms with Crippen LogP contribution in [-0.4, -0.2) is 24.9 Å². The molecular weight excluding hydrogens is 428 g/mol. The van der Waals surface area contributed by atoms with Gasteiger partial charge in [0.25, 0.3) is 0 Å². The van der Waals surface area contributed by atoms with Crippen molar-refractivity contribution in [1.82, 2.24) is 0 Å². The van der Waals surface area contributed by atoms with Crippen LogP contribution < -0.4 is 20.9 Å². The van der Waals surface area contributed by atoms with Crippen LogP contribution in [0.1, 0.15) is 30.4 Å². The monoisotopic (exact) mass is 456 g/mol. The van der Waals surface area contributed by atoms with E-state index in [1.165, 1.54) is 0 Å². The van der Waals surface area contributed by atoms with E-state index in [0.717, 1.165) is 47.5 Å². The summed E-state index contributed by atoms with van der Waals surface area (Å²) in [5, 5.41) is 16.0. The minimum Gasteiger partial charge on any atom is -0.494 e. The van der Waals surface area contributed by atoms with Gasteiger partial charge in [-0.25, -0.2) is 0 Å². The van der Waals surface area contributed by atoms with E-state index in [4.69, 9.17) is 36.2 Å². The molecule has 0 atom stereocenters. The molecule has 34 heavy (non-hydrogen) atoms. The molecule has 0 amide bonds. The minimum absolute atomic E-state index is 0.0186. The lowest BCUT2D eigenvalue weighted by molar-refractivity contribution is 0.279. The van der Waals surface area contributed by atoms with Gasteiger partial charge in [0.1, 0.15) is 34.5 Å². The molecule has 0 spiro atoms. The molecule has 0 aliphatic carbocycles. The minimum atomic E-state index is 0.0186. The maximum absolute atomic E-state index is 7.59. The molecule has 1 aromatic heterocycles. The molecule has 174 valence electrons. The third kappa shape index (κ3) is 5.75. The van der Waals surface area contributed by atoms with Crippen LogP contribution >= 0.6 is 0 Å². The van der Waals surface area contributed by atoms with Crippen LogP contribution in [0.2, 0.25) is 0 Å². The lowest BCUT2D eigenvalue weighted by Gasteiger charge is -2.08. The van der Waals surface area contributed by atoms with Crippen LogP contribution in [0.4, 0.5) is 0 Å². The van der Waals surface area contributed by atoms with Crippen LogP contribution in [-0.2, 0) is 0 Å². The summed E-state index contributed by atoms with van der Waals surface area (Å²) in [4.78, 5) is 0. The summed E-state index contributed by atoms with van der Waals surface area (Å²) >= 11 is 0. The maximum Gasteiger partial charge on any atom is 0.135 e. The Morgan fingerprint density at radius 1 is 0.706 bits per heavy atom. The molecule has 7 nitrogen and oxygen atoms in total. The van der Waals surface area contributed by atoms with E-state index in [0.29, 0.717) is 29.9 Å². The highest BCUT2D eigenvalue weighted by atomic mass is 16.5. The zero-order valence-corrected chi connectivity index (χ0v) is 18.8. The van der Waals surface area contributed by atoms with Gasteiger partial charge in [0.15, 0.2) is 0 Å². The Bertz CT molecular complexity index is 1290. The van der Waals surface area contributed by atoms with Crippen molar-refractivity contribution in [2.24, 2.45) is 11.5 Å². The van der Waals surface area contributed by atoms with E-state index in [9.17, 15) is 0 Å². The molecule has 0 aliphatic rings.